The second-order valence-corrected chi connectivity index (χ2v) is 4.04. The number of tetrazole rings is 1. The lowest BCUT2D eigenvalue weighted by atomic mass is 10.0. The Hall–Kier alpha value is -2.27. The van der Waals surface area contributed by atoms with Gasteiger partial charge in [-0.15, -0.1) is 5.10 Å². The van der Waals surface area contributed by atoms with Crippen LogP contribution < -0.4 is 11.5 Å². The van der Waals surface area contributed by atoms with Gasteiger partial charge in [-0.1, -0.05) is 0 Å². The summed E-state index contributed by atoms with van der Waals surface area (Å²) in [5, 5.41) is 9.38. The first-order valence-electron chi connectivity index (χ1n) is 5.47. The monoisotopic (exact) mass is 314 g/mol. The van der Waals surface area contributed by atoms with Crippen molar-refractivity contribution in [3.63, 3.8) is 0 Å². The number of carbonyl (C=O) groups excluding carboxylic acids is 1. The van der Waals surface area contributed by atoms with Crippen LogP contribution in [0.25, 0.3) is 0 Å². The molecule has 0 aromatic carbocycles. The SMILES string of the molecule is NC(=O)/C=C(\N)C(CC(F)F)c1nnnn1CC(F)(F)F. The van der Waals surface area contributed by atoms with Gasteiger partial charge in [-0.2, -0.15) is 13.2 Å². The number of nitrogens with two attached hydrogens (primary N) is 2. The van der Waals surface area contributed by atoms with Crippen molar-refractivity contribution in [1.82, 2.24) is 20.2 Å². The number of carbonyl (C=O) groups is 1. The number of aromatic nitrogens is 4. The molecule has 1 unspecified atom stereocenters. The summed E-state index contributed by atoms with van der Waals surface area (Å²) in [5.41, 5.74) is 9.82. The van der Waals surface area contributed by atoms with E-state index >= 15 is 0 Å². The highest BCUT2D eigenvalue weighted by molar-refractivity contribution is 5.86. The molecule has 1 heterocycles. The van der Waals surface area contributed by atoms with Crippen molar-refractivity contribution in [3.05, 3.63) is 17.6 Å². The van der Waals surface area contributed by atoms with Gasteiger partial charge in [0.05, 0.1) is 5.92 Å². The third-order valence-corrected chi connectivity index (χ3v) is 2.33. The number of nitrogens with zero attached hydrogens (tertiary/aromatic N) is 4. The van der Waals surface area contributed by atoms with E-state index < -0.39 is 48.9 Å². The van der Waals surface area contributed by atoms with Gasteiger partial charge >= 0.3 is 6.18 Å². The quantitative estimate of drug-likeness (QED) is 0.579. The number of hydrogen-bond donors (Lipinski definition) is 2. The molecule has 1 aromatic rings. The van der Waals surface area contributed by atoms with Crippen LogP contribution in [0.15, 0.2) is 11.8 Å². The molecule has 1 aromatic heterocycles. The lowest BCUT2D eigenvalue weighted by Crippen LogP contribution is -2.25. The molecule has 4 N–H and O–H groups in total. The molecule has 0 saturated carbocycles. The first-order valence-corrected chi connectivity index (χ1v) is 5.47. The molecule has 0 aliphatic rings. The minimum Gasteiger partial charge on any atom is -0.401 e. The molecule has 1 atom stereocenters. The summed E-state index contributed by atoms with van der Waals surface area (Å²) in [6, 6.07) is 0. The highest BCUT2D eigenvalue weighted by atomic mass is 19.4. The minimum atomic E-state index is -4.65. The second-order valence-electron chi connectivity index (χ2n) is 4.04. The maximum Gasteiger partial charge on any atom is 0.408 e. The van der Waals surface area contributed by atoms with E-state index in [-0.39, 0.29) is 0 Å². The number of halogens is 5. The Morgan fingerprint density at radius 3 is 2.43 bits per heavy atom. The summed E-state index contributed by atoms with van der Waals surface area (Å²) >= 11 is 0. The van der Waals surface area contributed by atoms with Gasteiger partial charge in [0.25, 0.3) is 0 Å². The Morgan fingerprint density at radius 2 is 1.95 bits per heavy atom. The van der Waals surface area contributed by atoms with Crippen LogP contribution in [0.1, 0.15) is 18.2 Å². The fraction of sp³-hybridized carbons (Fsp3) is 0.556. The van der Waals surface area contributed by atoms with Crippen molar-refractivity contribution in [2.24, 2.45) is 11.5 Å². The van der Waals surface area contributed by atoms with Crippen molar-refractivity contribution in [2.75, 3.05) is 0 Å². The summed E-state index contributed by atoms with van der Waals surface area (Å²) in [6.07, 6.45) is -7.86. The van der Waals surface area contributed by atoms with Gasteiger partial charge in [0.1, 0.15) is 6.54 Å². The standard InChI is InChI=1S/C9H11F5N6O/c10-6(11)1-4(5(15)2-7(16)21)8-17-18-19-20(8)3-9(12,13)14/h2,4,6H,1,3,15H2,(H2,16,21)/b5-2-. The highest BCUT2D eigenvalue weighted by Crippen LogP contribution is 2.27. The Balaban J connectivity index is 3.15. The van der Waals surface area contributed by atoms with E-state index in [1.54, 1.807) is 0 Å². The molecule has 118 valence electrons. The van der Waals surface area contributed by atoms with Gasteiger partial charge in [-0.05, 0) is 10.4 Å². The molecule has 0 aliphatic heterocycles. The number of hydrogen-bond acceptors (Lipinski definition) is 5. The Labute approximate surface area is 114 Å². The predicted octanol–water partition coefficient (Wildman–Crippen LogP) is 0.302. The molecule has 0 saturated heterocycles. The van der Waals surface area contributed by atoms with Crippen molar-refractivity contribution < 1.29 is 26.7 Å². The molecule has 0 fully saturated rings. The topological polar surface area (TPSA) is 113 Å². The number of primary amides is 1. The summed E-state index contributed by atoms with van der Waals surface area (Å²) in [4.78, 5) is 10.7. The molecule has 7 nitrogen and oxygen atoms in total. The zero-order valence-electron chi connectivity index (χ0n) is 10.4. The molecular formula is C9H11F5N6O. The molecule has 0 bridgehead atoms. The first kappa shape index (κ1) is 16.8. The fourth-order valence-electron chi connectivity index (χ4n) is 1.58. The van der Waals surface area contributed by atoms with Crippen LogP contribution >= 0.6 is 0 Å². The molecule has 1 rings (SSSR count). The van der Waals surface area contributed by atoms with E-state index in [1.807, 2.05) is 0 Å². The van der Waals surface area contributed by atoms with Crippen molar-refractivity contribution in [2.45, 2.75) is 31.5 Å². The third-order valence-electron chi connectivity index (χ3n) is 2.33. The van der Waals surface area contributed by atoms with Gasteiger partial charge < -0.3 is 11.5 Å². The van der Waals surface area contributed by atoms with Gasteiger partial charge in [-0.3, -0.25) is 4.79 Å². The normalized spacial score (nSPS) is 14.5. The van der Waals surface area contributed by atoms with Crippen molar-refractivity contribution in [1.29, 1.82) is 0 Å². The summed E-state index contributed by atoms with van der Waals surface area (Å²) < 4.78 is 62.4. The number of alkyl halides is 5. The smallest absolute Gasteiger partial charge is 0.401 e. The van der Waals surface area contributed by atoms with Crippen LogP contribution in [-0.2, 0) is 11.3 Å². The van der Waals surface area contributed by atoms with Crippen LogP contribution in [0.5, 0.6) is 0 Å². The molecular weight excluding hydrogens is 303 g/mol. The third kappa shape index (κ3) is 5.31. The van der Waals surface area contributed by atoms with Gasteiger partial charge in [0, 0.05) is 18.2 Å². The summed E-state index contributed by atoms with van der Waals surface area (Å²) in [5.74, 6) is -3.01. The minimum absolute atomic E-state index is 0.300. The largest absolute Gasteiger partial charge is 0.408 e. The van der Waals surface area contributed by atoms with E-state index in [9.17, 15) is 26.7 Å². The van der Waals surface area contributed by atoms with Crippen molar-refractivity contribution >= 4 is 5.91 Å². The molecule has 0 aliphatic carbocycles. The van der Waals surface area contributed by atoms with Crippen LogP contribution in [0, 0.1) is 0 Å². The zero-order chi connectivity index (χ0) is 16.2. The second kappa shape index (κ2) is 6.45. The molecule has 1 amide bonds. The number of rotatable bonds is 6. The first-order chi connectivity index (χ1) is 9.60. The van der Waals surface area contributed by atoms with Gasteiger partial charge in [0.15, 0.2) is 5.82 Å². The average Bonchev–Trinajstić information content (AvgIpc) is 2.69. The zero-order valence-corrected chi connectivity index (χ0v) is 10.4. The maximum absolute atomic E-state index is 12.5. The van der Waals surface area contributed by atoms with Crippen LogP contribution in [-0.4, -0.2) is 38.7 Å². The number of allylic oxidation sites excluding steroid dienone is 1. The Kier molecular flexibility index (Phi) is 5.16. The molecule has 0 radical (unpaired) electrons. The van der Waals surface area contributed by atoms with Gasteiger partial charge in [0.2, 0.25) is 12.3 Å². The van der Waals surface area contributed by atoms with E-state index in [1.165, 1.54) is 0 Å². The van der Waals surface area contributed by atoms with Crippen LogP contribution in [0.4, 0.5) is 22.0 Å². The maximum atomic E-state index is 12.5. The highest BCUT2D eigenvalue weighted by Gasteiger charge is 2.33. The number of amides is 1. The lowest BCUT2D eigenvalue weighted by Gasteiger charge is -2.17. The Bertz CT molecular complexity index is 525. The molecule has 0 spiro atoms. The van der Waals surface area contributed by atoms with E-state index in [4.69, 9.17) is 11.5 Å². The van der Waals surface area contributed by atoms with Crippen molar-refractivity contribution in [3.8, 4) is 0 Å². The summed E-state index contributed by atoms with van der Waals surface area (Å²) in [7, 11) is 0. The van der Waals surface area contributed by atoms with E-state index in [0.717, 1.165) is 0 Å². The van der Waals surface area contributed by atoms with E-state index in [0.29, 0.717) is 10.8 Å². The Morgan fingerprint density at radius 1 is 1.33 bits per heavy atom. The van der Waals surface area contributed by atoms with Crippen LogP contribution in [0.2, 0.25) is 0 Å². The summed E-state index contributed by atoms with van der Waals surface area (Å²) in [6.45, 7) is -1.57. The average molecular weight is 314 g/mol. The fourth-order valence-corrected chi connectivity index (χ4v) is 1.58. The van der Waals surface area contributed by atoms with Gasteiger partial charge in [-0.25, -0.2) is 13.5 Å². The lowest BCUT2D eigenvalue weighted by molar-refractivity contribution is -0.143. The van der Waals surface area contributed by atoms with Crippen LogP contribution in [0.3, 0.4) is 0 Å². The molecule has 12 heteroatoms. The molecule has 21 heavy (non-hydrogen) atoms. The predicted molar refractivity (Wildman–Crippen MR) is 58.7 cm³/mol. The van der Waals surface area contributed by atoms with E-state index in [2.05, 4.69) is 15.5 Å².